The summed E-state index contributed by atoms with van der Waals surface area (Å²) in [5.41, 5.74) is 0. The molecule has 2 fully saturated rings. The number of carbonyl (C=O) groups is 6. The van der Waals surface area contributed by atoms with Crippen LogP contribution in [-0.2, 0) is 71.4 Å². The van der Waals surface area contributed by atoms with Crippen LogP contribution in [0.15, 0.2) is 25.3 Å². The summed E-state index contributed by atoms with van der Waals surface area (Å²) < 4.78 is 44.0. The molecule has 0 aromatic rings. The second kappa shape index (κ2) is 28.4. The highest BCUT2D eigenvalue weighted by molar-refractivity contribution is 5.81. The van der Waals surface area contributed by atoms with Crippen LogP contribution < -0.4 is 0 Å². The van der Waals surface area contributed by atoms with Crippen molar-refractivity contribution in [3.05, 3.63) is 25.3 Å². The van der Waals surface area contributed by atoms with Crippen LogP contribution in [0.3, 0.4) is 0 Å². The second-order valence-electron chi connectivity index (χ2n) is 11.4. The number of aliphatic hydroxyl groups is 5. The number of aliphatic carboxylic acids is 1. The first-order chi connectivity index (χ1) is 26.0. The van der Waals surface area contributed by atoms with Gasteiger partial charge in [0, 0.05) is 26.4 Å². The van der Waals surface area contributed by atoms with Gasteiger partial charge in [0.15, 0.2) is 18.7 Å². The number of ether oxygens (including phenoxy) is 9. The summed E-state index contributed by atoms with van der Waals surface area (Å²) in [5.74, 6) is -4.41. The molecule has 21 heteroatoms. The van der Waals surface area contributed by atoms with Crippen LogP contribution in [0.5, 0.6) is 0 Å². The van der Waals surface area contributed by atoms with Crippen LogP contribution in [0.1, 0.15) is 52.4 Å². The Morgan fingerprint density at radius 1 is 0.564 bits per heavy atom. The third-order valence-corrected chi connectivity index (χ3v) is 7.44. The highest BCUT2D eigenvalue weighted by atomic mass is 16.7. The number of carboxylic acid groups (broad SMARTS) is 1. The lowest BCUT2D eigenvalue weighted by Gasteiger charge is -2.41. The van der Waals surface area contributed by atoms with Gasteiger partial charge in [0.25, 0.3) is 0 Å². The molecule has 10 atom stereocenters. The Hall–Kier alpha value is -4.06. The maximum atomic E-state index is 11.9. The van der Waals surface area contributed by atoms with Gasteiger partial charge in [-0.3, -0.25) is 19.2 Å². The summed E-state index contributed by atoms with van der Waals surface area (Å²) in [4.78, 5) is 65.7. The average molecular weight is 799 g/mol. The lowest BCUT2D eigenvalue weighted by Crippen LogP contribution is -2.59. The quantitative estimate of drug-likeness (QED) is 0.0372. The second-order valence-corrected chi connectivity index (χ2v) is 11.4. The fourth-order valence-corrected chi connectivity index (χ4v) is 4.50. The molecule has 55 heavy (non-hydrogen) atoms. The number of carboxylic acids is 1. The van der Waals surface area contributed by atoms with Crippen molar-refractivity contribution in [2.45, 2.75) is 114 Å². The van der Waals surface area contributed by atoms with Gasteiger partial charge >= 0.3 is 35.8 Å². The van der Waals surface area contributed by atoms with Crippen LogP contribution in [0.2, 0.25) is 0 Å². The third kappa shape index (κ3) is 19.9. The van der Waals surface area contributed by atoms with Crippen molar-refractivity contribution in [2.75, 3.05) is 40.6 Å². The summed E-state index contributed by atoms with van der Waals surface area (Å²) in [6.45, 7) is 9.55. The summed E-state index contributed by atoms with van der Waals surface area (Å²) in [7, 11) is 2.70. The van der Waals surface area contributed by atoms with Gasteiger partial charge in [-0.1, -0.05) is 27.0 Å². The monoisotopic (exact) mass is 798 g/mol. The molecule has 0 radical (unpaired) electrons. The highest BCUT2D eigenvalue weighted by Crippen LogP contribution is 2.26. The minimum absolute atomic E-state index is 0.0658. The van der Waals surface area contributed by atoms with Gasteiger partial charge in [-0.25, -0.2) is 9.59 Å². The molecular weight excluding hydrogens is 744 g/mol. The molecule has 0 saturated carbocycles. The molecule has 0 aromatic carbocycles. The van der Waals surface area contributed by atoms with E-state index in [9.17, 15) is 54.3 Å². The molecular formula is C34H54O21. The average Bonchev–Trinajstić information content (AvgIpc) is 3.17. The summed E-state index contributed by atoms with van der Waals surface area (Å²) >= 11 is 0. The van der Waals surface area contributed by atoms with Gasteiger partial charge in [-0.2, -0.15) is 0 Å². The van der Waals surface area contributed by atoms with E-state index in [0.717, 1.165) is 12.2 Å². The molecule has 0 bridgehead atoms. The Morgan fingerprint density at radius 2 is 0.964 bits per heavy atom. The molecule has 0 aliphatic carbocycles. The fourth-order valence-electron chi connectivity index (χ4n) is 4.50. The molecule has 2 aliphatic heterocycles. The molecule has 21 nitrogen and oxygen atoms in total. The van der Waals surface area contributed by atoms with E-state index in [-0.39, 0.29) is 52.1 Å². The van der Waals surface area contributed by atoms with Crippen molar-refractivity contribution in [1.82, 2.24) is 0 Å². The molecule has 2 rings (SSSR count). The van der Waals surface area contributed by atoms with Gasteiger partial charge in [0.2, 0.25) is 0 Å². The lowest BCUT2D eigenvalue weighted by atomic mass is 9.97. The Labute approximate surface area is 317 Å². The Bertz CT molecular complexity index is 1170. The van der Waals surface area contributed by atoms with Crippen molar-refractivity contribution in [3.8, 4) is 0 Å². The van der Waals surface area contributed by atoms with Gasteiger partial charge < -0.3 is 73.3 Å². The predicted octanol–water partition coefficient (Wildman–Crippen LogP) is -1.57. The number of rotatable bonds is 19. The van der Waals surface area contributed by atoms with E-state index < -0.39 is 97.2 Å². The van der Waals surface area contributed by atoms with E-state index in [2.05, 4.69) is 27.4 Å². The van der Waals surface area contributed by atoms with Gasteiger partial charge in [0.05, 0.1) is 37.9 Å². The first-order valence-electron chi connectivity index (χ1n) is 17.1. The van der Waals surface area contributed by atoms with E-state index in [4.69, 9.17) is 33.5 Å². The maximum absolute atomic E-state index is 11.9. The number of carbonyl (C=O) groups excluding carboxylic acids is 5. The van der Waals surface area contributed by atoms with Crippen LogP contribution in [-0.4, -0.2) is 169 Å². The zero-order valence-electron chi connectivity index (χ0n) is 31.2. The zero-order chi connectivity index (χ0) is 42.1. The number of hydrogen-bond acceptors (Lipinski definition) is 20. The molecule has 0 aromatic heterocycles. The smallest absolute Gasteiger partial charge is 0.330 e. The summed E-state index contributed by atoms with van der Waals surface area (Å²) in [6, 6.07) is 0. The van der Waals surface area contributed by atoms with Crippen LogP contribution in [0.25, 0.3) is 0 Å². The van der Waals surface area contributed by atoms with Gasteiger partial charge in [-0.05, 0) is 12.8 Å². The molecule has 316 valence electrons. The Balaban J connectivity index is 0.000000877. The molecule has 2 aliphatic rings. The fraction of sp³-hybridized carbons (Fsp3) is 0.706. The third-order valence-electron chi connectivity index (χ3n) is 7.44. The number of methoxy groups -OCH3 is 2. The zero-order valence-corrected chi connectivity index (χ0v) is 31.2. The molecule has 2 saturated heterocycles. The Morgan fingerprint density at radius 3 is 1.38 bits per heavy atom. The van der Waals surface area contributed by atoms with E-state index in [1.807, 2.05) is 6.92 Å². The first-order valence-corrected chi connectivity index (χ1v) is 17.1. The summed E-state index contributed by atoms with van der Waals surface area (Å²) in [6.07, 6.45) is -8.43. The molecule has 4 unspecified atom stereocenters. The van der Waals surface area contributed by atoms with Gasteiger partial charge in [-0.15, -0.1) is 0 Å². The van der Waals surface area contributed by atoms with Crippen molar-refractivity contribution in [3.63, 3.8) is 0 Å². The molecule has 0 amide bonds. The highest BCUT2D eigenvalue weighted by Gasteiger charge is 2.46. The van der Waals surface area contributed by atoms with E-state index >= 15 is 0 Å². The van der Waals surface area contributed by atoms with Crippen LogP contribution in [0.4, 0.5) is 0 Å². The number of hydrogen-bond donors (Lipinski definition) is 6. The van der Waals surface area contributed by atoms with Crippen molar-refractivity contribution < 1.29 is 102 Å². The summed E-state index contributed by atoms with van der Waals surface area (Å²) in [5, 5.41) is 56.7. The normalized spacial score (nSPS) is 26.9. The number of esters is 5. The predicted molar refractivity (Wildman–Crippen MR) is 182 cm³/mol. The SMILES string of the molecule is C=CC(=O)OCCOC(=O)CCC(=O)O.C=CC(=O)OCCOC(=O)CCC(=O)O[C@@H]1C(O)[C@@H](OC)OC(CC)[C@H]1O.CCC1O[C@H](OC)C(O)[C@@H](O)[C@@H]1O. The minimum atomic E-state index is -1.37. The van der Waals surface area contributed by atoms with E-state index in [1.54, 1.807) is 6.92 Å². The number of aliphatic hydroxyl groups excluding tert-OH is 5. The van der Waals surface area contributed by atoms with E-state index in [1.165, 1.54) is 14.2 Å². The van der Waals surface area contributed by atoms with Crippen LogP contribution >= 0.6 is 0 Å². The topological polar surface area (TPSA) is 307 Å². The maximum Gasteiger partial charge on any atom is 0.330 e. The van der Waals surface area contributed by atoms with Crippen LogP contribution in [0, 0.1) is 0 Å². The van der Waals surface area contributed by atoms with Gasteiger partial charge in [0.1, 0.15) is 56.9 Å². The van der Waals surface area contributed by atoms with Crippen molar-refractivity contribution >= 4 is 35.8 Å². The minimum Gasteiger partial charge on any atom is -0.481 e. The molecule has 6 N–H and O–H groups in total. The Kier molecular flexibility index (Phi) is 26.3. The molecule has 0 spiro atoms. The van der Waals surface area contributed by atoms with Crippen molar-refractivity contribution in [2.24, 2.45) is 0 Å². The van der Waals surface area contributed by atoms with E-state index in [0.29, 0.717) is 12.8 Å². The lowest BCUT2D eigenvalue weighted by molar-refractivity contribution is -0.293. The first kappa shape index (κ1) is 50.9. The molecule has 2 heterocycles. The largest absolute Gasteiger partial charge is 0.481 e. The standard InChI is InChI=1S/C17H26O10.C9H12O6.C8H16O5/c1-4-10-14(21)16(15(22)17(23-3)26-10)27-13(20)7-6-12(19)25-9-8-24-11(18)5-2;1-2-8(12)14-5-6-15-9(13)4-3-7(10)11;1-3-4-5(9)6(10)7(11)8(12-2)13-4/h5,10,14-17,21-22H,2,4,6-9H2,1,3H3;2H,1,3-6H2,(H,10,11);4-11H,3H2,1-2H3/t10?,14-,15?,16+,17+;;4?,5-,6+,7?,8+/m1.1/s1. The van der Waals surface area contributed by atoms with Crippen molar-refractivity contribution in [1.29, 1.82) is 0 Å².